The van der Waals surface area contributed by atoms with E-state index in [4.69, 9.17) is 5.41 Å². The van der Waals surface area contributed by atoms with Crippen molar-refractivity contribution in [2.75, 3.05) is 0 Å². The summed E-state index contributed by atoms with van der Waals surface area (Å²) in [7, 11) is -1.26. The van der Waals surface area contributed by atoms with Crippen LogP contribution in [0.4, 0.5) is 0 Å². The molecule has 0 aromatic heterocycles. The lowest BCUT2D eigenvalue weighted by Gasteiger charge is -2.02. The van der Waals surface area contributed by atoms with Crippen LogP contribution in [0.25, 0.3) is 0 Å². The highest BCUT2D eigenvalue weighted by Gasteiger charge is 2.06. The third-order valence-electron chi connectivity index (χ3n) is 0.772. The van der Waals surface area contributed by atoms with E-state index >= 15 is 0 Å². The van der Waals surface area contributed by atoms with Crippen molar-refractivity contribution in [2.45, 2.75) is 19.6 Å². The van der Waals surface area contributed by atoms with Gasteiger partial charge in [0.05, 0.1) is 0 Å². The van der Waals surface area contributed by atoms with Crippen LogP contribution in [0.2, 0.25) is 19.6 Å². The Morgan fingerprint density at radius 2 is 2.00 bits per heavy atom. The molecule has 1 N–H and O–H groups in total. The highest BCUT2D eigenvalue weighted by Crippen LogP contribution is 1.96. The predicted octanol–water partition coefficient (Wildman–Crippen LogP) is 2.07. The first kappa shape index (κ1) is 9.19. The number of hydrogen-bond donors (Lipinski definition) is 1. The first-order valence-corrected chi connectivity index (χ1v) is 6.68. The Labute approximate surface area is 63.7 Å². The molecule has 1 nitrogen and oxygen atoms in total. The first-order valence-electron chi connectivity index (χ1n) is 3.18. The zero-order valence-electron chi connectivity index (χ0n) is 6.78. The van der Waals surface area contributed by atoms with E-state index in [0.717, 1.165) is 0 Å². The van der Waals surface area contributed by atoms with E-state index in [-0.39, 0.29) is 0 Å². The van der Waals surface area contributed by atoms with E-state index in [0.29, 0.717) is 5.57 Å². The van der Waals surface area contributed by atoms with Crippen molar-refractivity contribution in [1.82, 2.24) is 0 Å². The molecule has 0 spiro atoms. The van der Waals surface area contributed by atoms with E-state index in [1.165, 1.54) is 6.21 Å². The van der Waals surface area contributed by atoms with Gasteiger partial charge in [-0.05, 0) is 0 Å². The second kappa shape index (κ2) is 3.38. The Hall–Kier alpha value is -0.813. The van der Waals surface area contributed by atoms with Crippen LogP contribution in [0.3, 0.4) is 0 Å². The fraction of sp³-hybridized carbons (Fsp3) is 0.375. The van der Waals surface area contributed by atoms with Crippen molar-refractivity contribution in [3.8, 4) is 11.5 Å². The van der Waals surface area contributed by atoms with Gasteiger partial charge in [0.25, 0.3) is 0 Å². The molecule has 0 unspecified atom stereocenters. The number of hydrogen-bond acceptors (Lipinski definition) is 1. The van der Waals surface area contributed by atoms with Gasteiger partial charge in [-0.25, -0.2) is 0 Å². The van der Waals surface area contributed by atoms with E-state index in [2.05, 4.69) is 37.7 Å². The fourth-order valence-electron chi connectivity index (χ4n) is 0.304. The molecule has 54 valence electrons. The zero-order chi connectivity index (χ0) is 8.20. The second-order valence-electron chi connectivity index (χ2n) is 3.17. The molecule has 0 aliphatic rings. The Balaban J connectivity index is 4.18. The minimum absolute atomic E-state index is 0.599. The van der Waals surface area contributed by atoms with Gasteiger partial charge in [-0.15, -0.1) is 5.54 Å². The lowest BCUT2D eigenvalue weighted by molar-refractivity contribution is 1.57. The predicted molar refractivity (Wildman–Crippen MR) is 49.0 cm³/mol. The topological polar surface area (TPSA) is 23.9 Å². The minimum Gasteiger partial charge on any atom is -0.307 e. The Kier molecular flexibility index (Phi) is 3.10. The molecule has 0 bridgehead atoms. The van der Waals surface area contributed by atoms with Crippen LogP contribution in [0.1, 0.15) is 0 Å². The maximum atomic E-state index is 6.80. The van der Waals surface area contributed by atoms with Crippen LogP contribution < -0.4 is 0 Å². The van der Waals surface area contributed by atoms with Crippen molar-refractivity contribution < 1.29 is 0 Å². The van der Waals surface area contributed by atoms with Crippen LogP contribution in [-0.4, -0.2) is 14.3 Å². The molecular weight excluding hydrogens is 138 g/mol. The first-order chi connectivity index (χ1) is 4.45. The van der Waals surface area contributed by atoms with E-state index in [9.17, 15) is 0 Å². The lowest BCUT2D eigenvalue weighted by Crippen LogP contribution is -2.16. The van der Waals surface area contributed by atoms with Crippen molar-refractivity contribution in [3.63, 3.8) is 0 Å². The monoisotopic (exact) mass is 151 g/mol. The van der Waals surface area contributed by atoms with E-state index < -0.39 is 8.07 Å². The summed E-state index contributed by atoms with van der Waals surface area (Å²) in [5, 5.41) is 6.80. The molecule has 0 rings (SSSR count). The summed E-state index contributed by atoms with van der Waals surface area (Å²) in [5.74, 6) is 2.85. The van der Waals surface area contributed by atoms with Crippen LogP contribution in [0.15, 0.2) is 12.2 Å². The lowest BCUT2D eigenvalue weighted by atomic mass is 10.4. The molecular formula is C8H13NSi. The van der Waals surface area contributed by atoms with Gasteiger partial charge >= 0.3 is 0 Å². The van der Waals surface area contributed by atoms with Crippen molar-refractivity contribution >= 4 is 14.3 Å². The molecule has 10 heavy (non-hydrogen) atoms. The molecule has 0 amide bonds. The van der Waals surface area contributed by atoms with Crippen molar-refractivity contribution in [3.05, 3.63) is 12.2 Å². The molecule has 0 saturated heterocycles. The molecule has 0 atom stereocenters. The molecule has 0 heterocycles. The number of nitrogens with one attached hydrogen (secondary N) is 1. The van der Waals surface area contributed by atoms with E-state index in [1.54, 1.807) is 0 Å². The van der Waals surface area contributed by atoms with E-state index in [1.807, 2.05) is 0 Å². The van der Waals surface area contributed by atoms with Gasteiger partial charge in [-0.3, -0.25) is 0 Å². The van der Waals surface area contributed by atoms with Gasteiger partial charge in [0.2, 0.25) is 0 Å². The van der Waals surface area contributed by atoms with Crippen LogP contribution in [0, 0.1) is 16.9 Å². The molecule has 0 fully saturated rings. The molecule has 0 radical (unpaired) electrons. The number of allylic oxidation sites excluding steroid dienone is 1. The minimum atomic E-state index is -1.26. The summed E-state index contributed by atoms with van der Waals surface area (Å²) in [5.41, 5.74) is 3.71. The largest absolute Gasteiger partial charge is 0.307 e. The van der Waals surface area contributed by atoms with Gasteiger partial charge in [0.1, 0.15) is 8.07 Å². The quantitative estimate of drug-likeness (QED) is 0.337. The maximum Gasteiger partial charge on any atom is 0.129 e. The highest BCUT2D eigenvalue weighted by atomic mass is 28.3. The summed E-state index contributed by atoms with van der Waals surface area (Å²) in [6.45, 7) is 10.1. The third kappa shape index (κ3) is 5.33. The summed E-state index contributed by atoms with van der Waals surface area (Å²) in [6, 6.07) is 0. The Morgan fingerprint density at radius 1 is 1.50 bits per heavy atom. The molecule has 0 aliphatic carbocycles. The maximum absolute atomic E-state index is 6.80. The Bertz CT molecular complexity index is 200. The zero-order valence-corrected chi connectivity index (χ0v) is 7.78. The summed E-state index contributed by atoms with van der Waals surface area (Å²) in [4.78, 5) is 0. The third-order valence-corrected chi connectivity index (χ3v) is 1.65. The highest BCUT2D eigenvalue weighted by molar-refractivity contribution is 6.83. The molecule has 2 heteroatoms. The van der Waals surface area contributed by atoms with Gasteiger partial charge in [-0.2, -0.15) is 0 Å². The van der Waals surface area contributed by atoms with Crippen molar-refractivity contribution in [2.24, 2.45) is 0 Å². The number of rotatable bonds is 1. The fourth-order valence-corrected chi connectivity index (χ4v) is 0.839. The smallest absolute Gasteiger partial charge is 0.129 e. The van der Waals surface area contributed by atoms with Gasteiger partial charge in [0.15, 0.2) is 0 Å². The van der Waals surface area contributed by atoms with Crippen LogP contribution in [-0.2, 0) is 0 Å². The summed E-state index contributed by atoms with van der Waals surface area (Å²) in [6.07, 6.45) is 1.19. The van der Waals surface area contributed by atoms with Crippen LogP contribution >= 0.6 is 0 Å². The average molecular weight is 151 g/mol. The normalized spacial score (nSPS) is 9.50. The SMILES string of the molecule is C=C(C#C[Si](C)(C)C)C=N. The summed E-state index contributed by atoms with van der Waals surface area (Å²) >= 11 is 0. The van der Waals surface area contributed by atoms with Gasteiger partial charge in [-0.1, -0.05) is 32.1 Å². The second-order valence-corrected chi connectivity index (χ2v) is 7.92. The molecule has 0 aromatic carbocycles. The van der Waals surface area contributed by atoms with Gasteiger partial charge in [0, 0.05) is 11.8 Å². The van der Waals surface area contributed by atoms with Gasteiger partial charge < -0.3 is 5.41 Å². The standard InChI is InChI=1S/C8H13NSi/c1-8(7-9)5-6-10(2,3)4/h7,9H,1H2,2-4H3. The molecule has 0 aliphatic heterocycles. The average Bonchev–Trinajstić information content (AvgIpc) is 1.81. The molecule has 0 saturated carbocycles. The summed E-state index contributed by atoms with van der Waals surface area (Å²) < 4.78 is 0. The van der Waals surface area contributed by atoms with Crippen LogP contribution in [0.5, 0.6) is 0 Å². The van der Waals surface area contributed by atoms with Crippen molar-refractivity contribution in [1.29, 1.82) is 5.41 Å². The molecule has 0 aromatic rings. The Morgan fingerprint density at radius 3 is 2.30 bits per heavy atom.